The van der Waals surface area contributed by atoms with Crippen molar-refractivity contribution >= 4 is 11.7 Å². The van der Waals surface area contributed by atoms with Crippen LogP contribution in [-0.2, 0) is 16.0 Å². The van der Waals surface area contributed by atoms with Crippen LogP contribution >= 0.6 is 0 Å². The van der Waals surface area contributed by atoms with Crippen molar-refractivity contribution in [3.8, 4) is 5.75 Å². The molecule has 0 aromatic heterocycles. The van der Waals surface area contributed by atoms with Crippen LogP contribution < -0.4 is 11.1 Å². The van der Waals surface area contributed by atoms with E-state index in [1.807, 2.05) is 0 Å². The molecular formula is C20H28N2O3. The zero-order chi connectivity index (χ0) is 18.0. The molecule has 0 aliphatic heterocycles. The Hall–Kier alpha value is -1.88. The first-order valence-electron chi connectivity index (χ1n) is 9.25. The topological polar surface area (TPSA) is 92.4 Å². The van der Waals surface area contributed by atoms with Crippen LogP contribution in [0.2, 0.25) is 0 Å². The van der Waals surface area contributed by atoms with Crippen molar-refractivity contribution in [2.75, 3.05) is 0 Å². The quantitative estimate of drug-likeness (QED) is 0.763. The van der Waals surface area contributed by atoms with Gasteiger partial charge in [0.15, 0.2) is 0 Å². The minimum Gasteiger partial charge on any atom is -0.508 e. The van der Waals surface area contributed by atoms with Crippen molar-refractivity contribution in [3.05, 3.63) is 29.8 Å². The smallest absolute Gasteiger partial charge is 0.237 e. The largest absolute Gasteiger partial charge is 0.508 e. The van der Waals surface area contributed by atoms with Gasteiger partial charge in [-0.2, -0.15) is 0 Å². The van der Waals surface area contributed by atoms with Gasteiger partial charge in [-0.3, -0.25) is 9.59 Å². The molecule has 2 bridgehead atoms. The van der Waals surface area contributed by atoms with Crippen molar-refractivity contribution in [2.24, 2.45) is 23.5 Å². The number of fused-ring (bicyclic) bond motifs is 2. The summed E-state index contributed by atoms with van der Waals surface area (Å²) in [6, 6.07) is 6.37. The Morgan fingerprint density at radius 1 is 1.12 bits per heavy atom. The second kappa shape index (κ2) is 7.56. The van der Waals surface area contributed by atoms with Gasteiger partial charge in [-0.05, 0) is 75.0 Å². The van der Waals surface area contributed by atoms with E-state index in [1.54, 1.807) is 31.2 Å². The van der Waals surface area contributed by atoms with Gasteiger partial charge in [0.05, 0.1) is 6.04 Å². The highest BCUT2D eigenvalue weighted by atomic mass is 16.3. The number of nitrogens with one attached hydrogen (secondary N) is 1. The van der Waals surface area contributed by atoms with Crippen LogP contribution in [-0.4, -0.2) is 28.9 Å². The lowest BCUT2D eigenvalue weighted by Gasteiger charge is -2.42. The van der Waals surface area contributed by atoms with E-state index in [0.717, 1.165) is 31.2 Å². The average molecular weight is 344 g/mol. The summed E-state index contributed by atoms with van der Waals surface area (Å²) in [5.74, 6) is 1.71. The molecule has 2 saturated carbocycles. The lowest BCUT2D eigenvalue weighted by Crippen LogP contribution is -2.50. The van der Waals surface area contributed by atoms with Crippen LogP contribution in [0.5, 0.6) is 5.75 Å². The Balaban J connectivity index is 1.51. The van der Waals surface area contributed by atoms with Gasteiger partial charge in [0, 0.05) is 12.0 Å². The molecule has 2 fully saturated rings. The normalized spacial score (nSPS) is 29.7. The molecule has 5 atom stereocenters. The fraction of sp³-hybridized carbons (Fsp3) is 0.600. The molecule has 3 unspecified atom stereocenters. The molecule has 3 rings (SSSR count). The van der Waals surface area contributed by atoms with Gasteiger partial charge in [-0.25, -0.2) is 0 Å². The van der Waals surface area contributed by atoms with Crippen molar-refractivity contribution in [1.82, 2.24) is 5.32 Å². The van der Waals surface area contributed by atoms with Gasteiger partial charge in [0.2, 0.25) is 5.91 Å². The maximum Gasteiger partial charge on any atom is 0.237 e. The van der Waals surface area contributed by atoms with E-state index >= 15 is 0 Å². The zero-order valence-corrected chi connectivity index (χ0v) is 14.8. The number of hydrogen-bond donors (Lipinski definition) is 3. The monoisotopic (exact) mass is 344 g/mol. The zero-order valence-electron chi connectivity index (χ0n) is 14.8. The van der Waals surface area contributed by atoms with E-state index in [4.69, 9.17) is 5.73 Å². The number of carbonyl (C=O) groups is 2. The first-order valence-corrected chi connectivity index (χ1v) is 9.25. The molecule has 0 radical (unpaired) electrons. The van der Waals surface area contributed by atoms with E-state index in [1.165, 1.54) is 6.42 Å². The second-order valence-electron chi connectivity index (χ2n) is 7.90. The molecular weight excluding hydrogens is 316 g/mol. The Morgan fingerprint density at radius 2 is 1.72 bits per heavy atom. The highest BCUT2D eigenvalue weighted by Gasteiger charge is 2.38. The summed E-state index contributed by atoms with van der Waals surface area (Å²) >= 11 is 0. The van der Waals surface area contributed by atoms with Gasteiger partial charge in [-0.1, -0.05) is 12.1 Å². The number of amides is 1. The van der Waals surface area contributed by atoms with E-state index in [0.29, 0.717) is 24.0 Å². The highest BCUT2D eigenvalue weighted by molar-refractivity contribution is 5.82. The van der Waals surface area contributed by atoms with E-state index in [9.17, 15) is 14.7 Å². The van der Waals surface area contributed by atoms with Gasteiger partial charge < -0.3 is 16.2 Å². The van der Waals surface area contributed by atoms with Crippen molar-refractivity contribution in [2.45, 2.75) is 57.5 Å². The number of hydrogen-bond acceptors (Lipinski definition) is 4. The molecule has 25 heavy (non-hydrogen) atoms. The number of carbonyl (C=O) groups excluding carboxylic acids is 2. The molecule has 5 heteroatoms. The molecule has 0 spiro atoms. The van der Waals surface area contributed by atoms with Gasteiger partial charge >= 0.3 is 0 Å². The molecule has 5 nitrogen and oxygen atoms in total. The summed E-state index contributed by atoms with van der Waals surface area (Å²) in [6.07, 6.45) is 5.50. The van der Waals surface area contributed by atoms with Crippen LogP contribution in [0.25, 0.3) is 0 Å². The lowest BCUT2D eigenvalue weighted by atomic mass is 9.65. The summed E-state index contributed by atoms with van der Waals surface area (Å²) in [5, 5.41) is 12.4. The predicted octanol–water partition coefficient (Wildman–Crippen LogP) is 2.16. The first kappa shape index (κ1) is 17.9. The Labute approximate surface area is 149 Å². The SMILES string of the molecule is CC(=O)C1CC2CC(NC(=O)[C@@H](N)Cc3ccc(O)cc3)C[C@H](C2)C1. The molecule has 2 aliphatic rings. The molecule has 1 aromatic rings. The fourth-order valence-electron chi connectivity index (χ4n) is 4.59. The predicted molar refractivity (Wildman–Crippen MR) is 96.0 cm³/mol. The molecule has 4 N–H and O–H groups in total. The van der Waals surface area contributed by atoms with Gasteiger partial charge in [-0.15, -0.1) is 0 Å². The number of benzene rings is 1. The van der Waals surface area contributed by atoms with Crippen molar-refractivity contribution < 1.29 is 14.7 Å². The Morgan fingerprint density at radius 3 is 2.28 bits per heavy atom. The third-order valence-corrected chi connectivity index (χ3v) is 5.79. The van der Waals surface area contributed by atoms with E-state index < -0.39 is 6.04 Å². The summed E-state index contributed by atoms with van der Waals surface area (Å²) in [6.45, 7) is 1.70. The highest BCUT2D eigenvalue weighted by Crippen LogP contribution is 2.42. The number of phenols is 1. The molecule has 2 aliphatic carbocycles. The minimum absolute atomic E-state index is 0.110. The molecule has 0 saturated heterocycles. The number of phenolic OH excluding ortho intramolecular Hbond substituents is 1. The Kier molecular flexibility index (Phi) is 5.42. The summed E-state index contributed by atoms with van der Waals surface area (Å²) in [5.41, 5.74) is 7.00. The number of aromatic hydroxyl groups is 1. The number of rotatable bonds is 5. The second-order valence-corrected chi connectivity index (χ2v) is 7.90. The van der Waals surface area contributed by atoms with Crippen LogP contribution in [0.3, 0.4) is 0 Å². The third-order valence-electron chi connectivity index (χ3n) is 5.79. The minimum atomic E-state index is -0.587. The van der Waals surface area contributed by atoms with Crippen LogP contribution in [0, 0.1) is 17.8 Å². The number of Topliss-reactive ketones (excluding diaryl/α,β-unsaturated/α-hetero) is 1. The van der Waals surface area contributed by atoms with Crippen LogP contribution in [0.4, 0.5) is 0 Å². The summed E-state index contributed by atoms with van der Waals surface area (Å²) in [7, 11) is 0. The van der Waals surface area contributed by atoms with Crippen molar-refractivity contribution in [1.29, 1.82) is 0 Å². The average Bonchev–Trinajstić information content (AvgIpc) is 2.56. The molecule has 136 valence electrons. The lowest BCUT2D eigenvalue weighted by molar-refractivity contribution is -0.126. The van der Waals surface area contributed by atoms with E-state index in [-0.39, 0.29) is 23.6 Å². The third kappa shape index (κ3) is 4.60. The fourth-order valence-corrected chi connectivity index (χ4v) is 4.59. The van der Waals surface area contributed by atoms with Crippen molar-refractivity contribution in [3.63, 3.8) is 0 Å². The maximum atomic E-state index is 12.4. The first-order chi connectivity index (χ1) is 11.9. The van der Waals surface area contributed by atoms with Gasteiger partial charge in [0.1, 0.15) is 11.5 Å². The maximum absolute atomic E-state index is 12.4. The van der Waals surface area contributed by atoms with E-state index in [2.05, 4.69) is 5.32 Å². The Bertz CT molecular complexity index is 614. The molecule has 1 aromatic carbocycles. The number of nitrogens with two attached hydrogens (primary N) is 1. The summed E-state index contributed by atoms with van der Waals surface area (Å²) in [4.78, 5) is 24.1. The molecule has 0 heterocycles. The van der Waals surface area contributed by atoms with Gasteiger partial charge in [0.25, 0.3) is 0 Å². The summed E-state index contributed by atoms with van der Waals surface area (Å²) < 4.78 is 0. The number of ketones is 1. The van der Waals surface area contributed by atoms with Crippen LogP contribution in [0.15, 0.2) is 24.3 Å². The van der Waals surface area contributed by atoms with Crippen LogP contribution in [0.1, 0.15) is 44.6 Å². The molecule has 1 amide bonds. The standard InChI is InChI=1S/C20H28N2O3/c1-12(23)16-7-14-6-15(8-16)10-17(9-14)22-20(25)19(21)11-13-2-4-18(24)5-3-13/h2-5,14-17,19,24H,6-11,21H2,1H3,(H,22,25)/t14-,15?,16?,17?,19+/m1/s1.